The number of rotatable bonds is 4. The van der Waals surface area contributed by atoms with Crippen LogP contribution in [0.15, 0.2) is 16.6 Å². The molecule has 0 saturated heterocycles. The average Bonchev–Trinajstić information content (AvgIpc) is 2.22. The fraction of sp³-hybridized carbons (Fsp3) is 0.533. The molecule has 0 atom stereocenters. The number of carbonyl (C=O) groups excluding carboxylic acids is 1. The van der Waals surface area contributed by atoms with Gasteiger partial charge in [0.2, 0.25) is 5.91 Å². The number of halogens is 1. The molecule has 0 aliphatic rings. The predicted octanol–water partition coefficient (Wildman–Crippen LogP) is 4.83. The van der Waals surface area contributed by atoms with Crippen LogP contribution in [-0.2, 0) is 4.79 Å². The van der Waals surface area contributed by atoms with Crippen molar-refractivity contribution >= 4 is 27.5 Å². The Hall–Kier alpha value is -0.830. The number of hydrogen-bond acceptors (Lipinski definition) is 1. The number of anilines is 1. The van der Waals surface area contributed by atoms with Gasteiger partial charge in [-0.1, -0.05) is 43.1 Å². The molecule has 3 heteroatoms. The summed E-state index contributed by atoms with van der Waals surface area (Å²) in [6.45, 7) is 10.1. The van der Waals surface area contributed by atoms with Crippen LogP contribution in [0.25, 0.3) is 0 Å². The maximum Gasteiger partial charge on any atom is 0.230 e. The molecule has 1 N–H and O–H groups in total. The second-order valence-corrected chi connectivity index (χ2v) is 6.42. The lowest BCUT2D eigenvalue weighted by atomic mass is 9.87. The molecule has 100 valence electrons. The van der Waals surface area contributed by atoms with Crippen LogP contribution >= 0.6 is 15.9 Å². The minimum atomic E-state index is -0.319. The molecule has 0 spiro atoms. The summed E-state index contributed by atoms with van der Waals surface area (Å²) in [7, 11) is 0. The molecule has 0 bridgehead atoms. The van der Waals surface area contributed by atoms with E-state index in [9.17, 15) is 4.79 Å². The number of nitrogens with one attached hydrogen (secondary N) is 1. The minimum Gasteiger partial charge on any atom is -0.325 e. The summed E-state index contributed by atoms with van der Waals surface area (Å²) in [5.74, 6) is 0.0953. The first kappa shape index (κ1) is 15.2. The minimum absolute atomic E-state index is 0.0953. The van der Waals surface area contributed by atoms with Crippen molar-refractivity contribution in [3.63, 3.8) is 0 Å². The van der Waals surface area contributed by atoms with Gasteiger partial charge in [-0.05, 0) is 43.5 Å². The van der Waals surface area contributed by atoms with E-state index in [0.717, 1.165) is 34.1 Å². The summed E-state index contributed by atoms with van der Waals surface area (Å²) in [4.78, 5) is 12.3. The lowest BCUT2D eigenvalue weighted by Gasteiger charge is -2.24. The highest BCUT2D eigenvalue weighted by atomic mass is 79.9. The SMILES string of the molecule is CCCC(C)(C)C(=O)Nc1c(C)cc(Br)cc1C. The number of amides is 1. The molecule has 0 aliphatic carbocycles. The van der Waals surface area contributed by atoms with E-state index in [1.807, 2.05) is 39.8 Å². The van der Waals surface area contributed by atoms with Gasteiger partial charge in [0.15, 0.2) is 0 Å². The topological polar surface area (TPSA) is 29.1 Å². The van der Waals surface area contributed by atoms with Crippen molar-refractivity contribution < 1.29 is 4.79 Å². The molecule has 0 heterocycles. The fourth-order valence-electron chi connectivity index (χ4n) is 2.13. The molecule has 1 aromatic rings. The molecule has 0 radical (unpaired) electrons. The summed E-state index contributed by atoms with van der Waals surface area (Å²) < 4.78 is 1.04. The summed E-state index contributed by atoms with van der Waals surface area (Å²) in [6, 6.07) is 4.05. The van der Waals surface area contributed by atoms with E-state index in [1.165, 1.54) is 0 Å². The van der Waals surface area contributed by atoms with Gasteiger partial charge in [-0.15, -0.1) is 0 Å². The number of hydrogen-bond donors (Lipinski definition) is 1. The highest BCUT2D eigenvalue weighted by Gasteiger charge is 2.27. The molecule has 0 fully saturated rings. The molecule has 2 nitrogen and oxygen atoms in total. The third-order valence-electron chi connectivity index (χ3n) is 3.23. The molecular formula is C15H22BrNO. The van der Waals surface area contributed by atoms with Gasteiger partial charge in [0.1, 0.15) is 0 Å². The second kappa shape index (κ2) is 5.87. The summed E-state index contributed by atoms with van der Waals surface area (Å²) in [6.07, 6.45) is 1.91. The van der Waals surface area contributed by atoms with Crippen LogP contribution in [0.4, 0.5) is 5.69 Å². The van der Waals surface area contributed by atoms with E-state index in [-0.39, 0.29) is 11.3 Å². The standard InChI is InChI=1S/C15H22BrNO/c1-6-7-15(4,5)14(18)17-13-10(2)8-12(16)9-11(13)3/h8-9H,6-7H2,1-5H3,(H,17,18). The van der Waals surface area contributed by atoms with Crippen molar-refractivity contribution in [1.29, 1.82) is 0 Å². The van der Waals surface area contributed by atoms with Gasteiger partial charge in [-0.2, -0.15) is 0 Å². The van der Waals surface area contributed by atoms with Crippen molar-refractivity contribution in [2.24, 2.45) is 5.41 Å². The Kier molecular flexibility index (Phi) is 4.97. The van der Waals surface area contributed by atoms with Crippen molar-refractivity contribution in [3.05, 3.63) is 27.7 Å². The Morgan fingerprint density at radius 3 is 2.22 bits per heavy atom. The number of carbonyl (C=O) groups is 1. The van der Waals surface area contributed by atoms with Gasteiger partial charge in [0.25, 0.3) is 0 Å². The quantitative estimate of drug-likeness (QED) is 0.847. The largest absolute Gasteiger partial charge is 0.325 e. The number of benzene rings is 1. The average molecular weight is 312 g/mol. The summed E-state index contributed by atoms with van der Waals surface area (Å²) in [5.41, 5.74) is 2.79. The smallest absolute Gasteiger partial charge is 0.230 e. The first-order chi connectivity index (χ1) is 8.27. The Morgan fingerprint density at radius 2 is 1.78 bits per heavy atom. The van der Waals surface area contributed by atoms with Crippen molar-refractivity contribution in [2.45, 2.75) is 47.5 Å². The fourth-order valence-corrected chi connectivity index (χ4v) is 2.82. The molecule has 1 aromatic carbocycles. The van der Waals surface area contributed by atoms with E-state index in [4.69, 9.17) is 0 Å². The Bertz CT molecular complexity index is 429. The third kappa shape index (κ3) is 3.58. The van der Waals surface area contributed by atoms with E-state index >= 15 is 0 Å². The van der Waals surface area contributed by atoms with E-state index in [2.05, 4.69) is 28.2 Å². The summed E-state index contributed by atoms with van der Waals surface area (Å²) in [5, 5.41) is 3.07. The molecule has 18 heavy (non-hydrogen) atoms. The molecule has 0 unspecified atom stereocenters. The highest BCUT2D eigenvalue weighted by Crippen LogP contribution is 2.29. The predicted molar refractivity (Wildman–Crippen MR) is 80.9 cm³/mol. The molecule has 0 aliphatic heterocycles. The van der Waals surface area contributed by atoms with Crippen LogP contribution in [0.1, 0.15) is 44.7 Å². The summed E-state index contributed by atoms with van der Waals surface area (Å²) >= 11 is 3.46. The first-order valence-corrected chi connectivity index (χ1v) is 7.15. The lowest BCUT2D eigenvalue weighted by Crippen LogP contribution is -2.31. The Morgan fingerprint density at radius 1 is 1.28 bits per heavy atom. The van der Waals surface area contributed by atoms with Crippen LogP contribution in [0.2, 0.25) is 0 Å². The number of aryl methyl sites for hydroxylation is 2. The zero-order valence-corrected chi connectivity index (χ0v) is 13.4. The molecule has 1 rings (SSSR count). The van der Waals surface area contributed by atoms with Crippen molar-refractivity contribution in [1.82, 2.24) is 0 Å². The van der Waals surface area contributed by atoms with Crippen LogP contribution in [0.3, 0.4) is 0 Å². The van der Waals surface area contributed by atoms with Crippen LogP contribution in [-0.4, -0.2) is 5.91 Å². The normalized spacial score (nSPS) is 11.4. The van der Waals surface area contributed by atoms with Gasteiger partial charge in [-0.25, -0.2) is 0 Å². The maximum atomic E-state index is 12.3. The van der Waals surface area contributed by atoms with Gasteiger partial charge >= 0.3 is 0 Å². The van der Waals surface area contributed by atoms with Crippen molar-refractivity contribution in [3.8, 4) is 0 Å². The highest BCUT2D eigenvalue weighted by molar-refractivity contribution is 9.10. The third-order valence-corrected chi connectivity index (χ3v) is 3.68. The molecule has 1 amide bonds. The van der Waals surface area contributed by atoms with Crippen LogP contribution in [0.5, 0.6) is 0 Å². The van der Waals surface area contributed by atoms with Crippen LogP contribution < -0.4 is 5.32 Å². The monoisotopic (exact) mass is 311 g/mol. The van der Waals surface area contributed by atoms with Gasteiger partial charge < -0.3 is 5.32 Å². The second-order valence-electron chi connectivity index (χ2n) is 5.50. The van der Waals surface area contributed by atoms with Gasteiger partial charge in [0, 0.05) is 15.6 Å². The molecule has 0 aromatic heterocycles. The van der Waals surface area contributed by atoms with Crippen molar-refractivity contribution in [2.75, 3.05) is 5.32 Å². The van der Waals surface area contributed by atoms with Gasteiger partial charge in [-0.3, -0.25) is 4.79 Å². The lowest BCUT2D eigenvalue weighted by molar-refractivity contribution is -0.124. The van der Waals surface area contributed by atoms with E-state index in [1.54, 1.807) is 0 Å². The van der Waals surface area contributed by atoms with E-state index < -0.39 is 0 Å². The Balaban J connectivity index is 2.95. The first-order valence-electron chi connectivity index (χ1n) is 6.36. The zero-order valence-electron chi connectivity index (χ0n) is 11.9. The maximum absolute atomic E-state index is 12.3. The molecule has 0 saturated carbocycles. The zero-order chi connectivity index (χ0) is 13.9. The Labute approximate surface area is 118 Å². The van der Waals surface area contributed by atoms with Crippen LogP contribution in [0, 0.1) is 19.3 Å². The van der Waals surface area contributed by atoms with E-state index in [0.29, 0.717) is 0 Å². The molecular weight excluding hydrogens is 290 g/mol. The van der Waals surface area contributed by atoms with Gasteiger partial charge in [0.05, 0.1) is 0 Å².